The van der Waals surface area contributed by atoms with Crippen LogP contribution < -0.4 is 15.4 Å². The van der Waals surface area contributed by atoms with Gasteiger partial charge < -0.3 is 15.4 Å². The van der Waals surface area contributed by atoms with E-state index < -0.39 is 6.10 Å². The van der Waals surface area contributed by atoms with Crippen LogP contribution >= 0.6 is 23.5 Å². The van der Waals surface area contributed by atoms with Crippen molar-refractivity contribution in [3.8, 4) is 5.75 Å². The molecular formula is C20H24N2O3S2. The van der Waals surface area contributed by atoms with Crippen molar-refractivity contribution in [2.24, 2.45) is 17.8 Å². The minimum absolute atomic E-state index is 0.0943. The van der Waals surface area contributed by atoms with Crippen molar-refractivity contribution in [2.45, 2.75) is 42.8 Å². The van der Waals surface area contributed by atoms with Gasteiger partial charge in [0, 0.05) is 23.1 Å². The first-order valence-corrected chi connectivity index (χ1v) is 11.7. The Labute approximate surface area is 167 Å². The van der Waals surface area contributed by atoms with Gasteiger partial charge in [0.25, 0.3) is 5.91 Å². The molecule has 27 heavy (non-hydrogen) atoms. The van der Waals surface area contributed by atoms with Gasteiger partial charge in [0.05, 0.1) is 9.77 Å². The van der Waals surface area contributed by atoms with Gasteiger partial charge in [-0.2, -0.15) is 0 Å². The summed E-state index contributed by atoms with van der Waals surface area (Å²) in [6.07, 6.45) is 4.06. The predicted octanol–water partition coefficient (Wildman–Crippen LogP) is 3.96. The van der Waals surface area contributed by atoms with Gasteiger partial charge in [0.1, 0.15) is 5.75 Å². The first-order valence-electron chi connectivity index (χ1n) is 9.75. The molecule has 7 heteroatoms. The molecule has 2 aliphatic heterocycles. The highest BCUT2D eigenvalue weighted by atomic mass is 32.2. The molecule has 2 N–H and O–H groups in total. The quantitative estimate of drug-likeness (QED) is 0.781. The van der Waals surface area contributed by atoms with Gasteiger partial charge in [-0.25, -0.2) is 0 Å². The maximum Gasteiger partial charge on any atom is 0.265 e. The lowest BCUT2D eigenvalue weighted by molar-refractivity contribution is -0.123. The van der Waals surface area contributed by atoms with E-state index >= 15 is 0 Å². The summed E-state index contributed by atoms with van der Waals surface area (Å²) in [5.74, 6) is 4.55. The third-order valence-electron chi connectivity index (χ3n) is 6.43. The Morgan fingerprint density at radius 3 is 2.63 bits per heavy atom. The largest absolute Gasteiger partial charge is 0.479 e. The molecule has 144 valence electrons. The topological polar surface area (TPSA) is 67.4 Å². The number of anilines is 2. The Balaban J connectivity index is 1.28. The molecule has 1 aromatic rings. The molecule has 1 unspecified atom stereocenters. The predicted molar refractivity (Wildman–Crippen MR) is 110 cm³/mol. The number of carbonyl (C=O) groups excluding carboxylic acids is 2. The Bertz CT molecular complexity index is 777. The van der Waals surface area contributed by atoms with Crippen molar-refractivity contribution in [3.63, 3.8) is 0 Å². The molecular weight excluding hydrogens is 380 g/mol. The third-order valence-corrected chi connectivity index (χ3v) is 10.4. The van der Waals surface area contributed by atoms with E-state index in [2.05, 4.69) is 34.2 Å². The molecule has 2 amide bonds. The SMILES string of the molecule is C[C@@H]1Oc2ccc(NC(=O)C3C[C@H]4CC[C@@H](C3)C43SCCS3)cc2NC1=O. The summed E-state index contributed by atoms with van der Waals surface area (Å²) in [7, 11) is 0. The van der Waals surface area contributed by atoms with E-state index in [4.69, 9.17) is 4.74 Å². The lowest BCUT2D eigenvalue weighted by Gasteiger charge is -2.42. The van der Waals surface area contributed by atoms with Crippen LogP contribution in [0.2, 0.25) is 0 Å². The number of hydrogen-bond donors (Lipinski definition) is 2. The maximum absolute atomic E-state index is 12.9. The van der Waals surface area contributed by atoms with Gasteiger partial charge in [0.15, 0.2) is 6.10 Å². The number of thioether (sulfide) groups is 2. The highest BCUT2D eigenvalue weighted by Gasteiger charge is 2.57. The molecule has 3 fully saturated rings. The fraction of sp³-hybridized carbons (Fsp3) is 0.600. The number of hydrogen-bond acceptors (Lipinski definition) is 5. The van der Waals surface area contributed by atoms with Crippen molar-refractivity contribution >= 4 is 46.7 Å². The second kappa shape index (κ2) is 6.62. The minimum atomic E-state index is -0.491. The van der Waals surface area contributed by atoms with Crippen molar-refractivity contribution in [2.75, 3.05) is 22.1 Å². The smallest absolute Gasteiger partial charge is 0.265 e. The molecule has 4 aliphatic rings. The van der Waals surface area contributed by atoms with Crippen LogP contribution in [0.15, 0.2) is 18.2 Å². The molecule has 0 radical (unpaired) electrons. The van der Waals surface area contributed by atoms with E-state index in [1.54, 1.807) is 13.0 Å². The van der Waals surface area contributed by atoms with Crippen LogP contribution in [0.1, 0.15) is 32.6 Å². The lowest BCUT2D eigenvalue weighted by Crippen LogP contribution is -2.41. The van der Waals surface area contributed by atoms with E-state index in [-0.39, 0.29) is 17.7 Å². The molecule has 2 aliphatic carbocycles. The normalized spacial score (nSPS) is 33.3. The summed E-state index contributed by atoms with van der Waals surface area (Å²) in [6, 6.07) is 5.45. The summed E-state index contributed by atoms with van der Waals surface area (Å²) >= 11 is 4.31. The first kappa shape index (κ1) is 17.7. The molecule has 1 aromatic carbocycles. The molecule has 4 atom stereocenters. The fourth-order valence-electron chi connectivity index (χ4n) is 5.15. The van der Waals surface area contributed by atoms with Gasteiger partial charge >= 0.3 is 0 Å². The Kier molecular flexibility index (Phi) is 4.35. The Morgan fingerprint density at radius 1 is 1.22 bits per heavy atom. The molecule has 1 saturated heterocycles. The van der Waals surface area contributed by atoms with Crippen molar-refractivity contribution in [1.29, 1.82) is 0 Å². The second-order valence-electron chi connectivity index (χ2n) is 8.01. The summed E-state index contributed by atoms with van der Waals surface area (Å²) < 4.78 is 5.98. The van der Waals surface area contributed by atoms with Crippen LogP contribution in [0.4, 0.5) is 11.4 Å². The van der Waals surface area contributed by atoms with Gasteiger partial charge in [-0.15, -0.1) is 23.5 Å². The van der Waals surface area contributed by atoms with E-state index in [9.17, 15) is 9.59 Å². The standard InChI is InChI=1S/C20H24N2O3S2/c1-11-18(23)22-16-10-15(4-5-17(16)25-11)21-19(24)12-8-13-2-3-14(9-12)20(13)26-6-7-27-20/h4-5,10-14H,2-3,6-9H2,1H3,(H,21,24)(H,22,23)/t11-,12?,13-,14+/m0/s1. The number of amides is 2. The fourth-order valence-corrected chi connectivity index (χ4v) is 9.08. The number of benzene rings is 1. The average Bonchev–Trinajstić information content (AvgIpc) is 3.18. The van der Waals surface area contributed by atoms with E-state index in [0.29, 0.717) is 27.4 Å². The summed E-state index contributed by atoms with van der Waals surface area (Å²) in [6.45, 7) is 1.72. The highest BCUT2D eigenvalue weighted by molar-refractivity contribution is 8.21. The van der Waals surface area contributed by atoms with Crippen molar-refractivity contribution in [1.82, 2.24) is 0 Å². The average molecular weight is 405 g/mol. The molecule has 2 bridgehead atoms. The van der Waals surface area contributed by atoms with Crippen LogP contribution in [-0.2, 0) is 9.59 Å². The van der Waals surface area contributed by atoms with Gasteiger partial charge in [0.2, 0.25) is 5.91 Å². The van der Waals surface area contributed by atoms with Crippen LogP contribution in [0.25, 0.3) is 0 Å². The zero-order valence-electron chi connectivity index (χ0n) is 15.3. The van der Waals surface area contributed by atoms with Crippen LogP contribution in [0, 0.1) is 17.8 Å². The molecule has 2 saturated carbocycles. The second-order valence-corrected chi connectivity index (χ2v) is 11.0. The van der Waals surface area contributed by atoms with Crippen LogP contribution in [-0.4, -0.2) is 33.5 Å². The number of fused-ring (bicyclic) bond motifs is 1. The van der Waals surface area contributed by atoms with E-state index in [1.165, 1.54) is 24.3 Å². The van der Waals surface area contributed by atoms with Crippen molar-refractivity contribution in [3.05, 3.63) is 18.2 Å². The van der Waals surface area contributed by atoms with Gasteiger partial charge in [-0.3, -0.25) is 9.59 Å². The molecule has 5 nitrogen and oxygen atoms in total. The zero-order valence-corrected chi connectivity index (χ0v) is 17.0. The Morgan fingerprint density at radius 2 is 1.93 bits per heavy atom. The summed E-state index contributed by atoms with van der Waals surface area (Å²) in [5.41, 5.74) is 1.34. The van der Waals surface area contributed by atoms with Crippen molar-refractivity contribution < 1.29 is 14.3 Å². The third kappa shape index (κ3) is 2.94. The number of nitrogens with one attached hydrogen (secondary N) is 2. The summed E-state index contributed by atoms with van der Waals surface area (Å²) in [5, 5.41) is 5.92. The first-order chi connectivity index (χ1) is 13.0. The molecule has 1 spiro atoms. The minimum Gasteiger partial charge on any atom is -0.479 e. The molecule has 0 aromatic heterocycles. The lowest BCUT2D eigenvalue weighted by atomic mass is 9.79. The van der Waals surface area contributed by atoms with Crippen LogP contribution in [0.5, 0.6) is 5.75 Å². The number of ether oxygens (including phenoxy) is 1. The summed E-state index contributed by atoms with van der Waals surface area (Å²) in [4.78, 5) is 24.7. The molecule has 2 heterocycles. The van der Waals surface area contributed by atoms with E-state index in [0.717, 1.165) is 18.5 Å². The maximum atomic E-state index is 12.9. The van der Waals surface area contributed by atoms with Crippen LogP contribution in [0.3, 0.4) is 0 Å². The Hall–Kier alpha value is -1.34. The monoisotopic (exact) mass is 404 g/mol. The number of rotatable bonds is 2. The van der Waals surface area contributed by atoms with Gasteiger partial charge in [-0.1, -0.05) is 0 Å². The highest BCUT2D eigenvalue weighted by Crippen LogP contribution is 2.65. The zero-order chi connectivity index (χ0) is 18.6. The number of carbonyl (C=O) groups is 2. The van der Waals surface area contributed by atoms with Gasteiger partial charge in [-0.05, 0) is 62.6 Å². The van der Waals surface area contributed by atoms with E-state index in [1.807, 2.05) is 12.1 Å². The molecule has 5 rings (SSSR count).